The van der Waals surface area contributed by atoms with Crippen molar-refractivity contribution in [3.05, 3.63) is 29.3 Å². The number of nitrogens with zero attached hydrogens (tertiary/aromatic N) is 1. The molecule has 1 amide bonds. The lowest BCUT2D eigenvalue weighted by atomic mass is 10.1. The second-order valence-electron chi connectivity index (χ2n) is 5.25. The summed E-state index contributed by atoms with van der Waals surface area (Å²) in [7, 11) is 0. The van der Waals surface area contributed by atoms with Gasteiger partial charge in [-0.2, -0.15) is 0 Å². The molecule has 1 atom stereocenters. The van der Waals surface area contributed by atoms with E-state index in [4.69, 9.17) is 0 Å². The van der Waals surface area contributed by atoms with E-state index in [1.54, 1.807) is 0 Å². The van der Waals surface area contributed by atoms with Crippen LogP contribution in [-0.2, 0) is 6.42 Å². The van der Waals surface area contributed by atoms with Crippen molar-refractivity contribution < 1.29 is 4.79 Å². The van der Waals surface area contributed by atoms with E-state index in [1.807, 2.05) is 12.1 Å². The molecule has 2 aliphatic heterocycles. The van der Waals surface area contributed by atoms with Gasteiger partial charge in [0.2, 0.25) is 0 Å². The van der Waals surface area contributed by atoms with Gasteiger partial charge in [-0.3, -0.25) is 4.79 Å². The van der Waals surface area contributed by atoms with Crippen molar-refractivity contribution in [2.75, 3.05) is 18.4 Å². The van der Waals surface area contributed by atoms with Crippen LogP contribution in [0.4, 0.5) is 5.69 Å². The zero-order valence-electron chi connectivity index (χ0n) is 11.3. The van der Waals surface area contributed by atoms with Gasteiger partial charge in [-0.1, -0.05) is 6.92 Å². The number of halogens is 1. The number of hydrogen-bond acceptors (Lipinski definition) is 2. The van der Waals surface area contributed by atoms with Gasteiger partial charge >= 0.3 is 0 Å². The predicted octanol–water partition coefficient (Wildman–Crippen LogP) is 3.09. The van der Waals surface area contributed by atoms with Crippen molar-refractivity contribution in [3.8, 4) is 0 Å². The molecule has 1 saturated heterocycles. The molecule has 2 heterocycles. The molecule has 1 fully saturated rings. The first-order valence-electron chi connectivity index (χ1n) is 6.97. The summed E-state index contributed by atoms with van der Waals surface area (Å²) in [6, 6.07) is 6.53. The Kier molecular flexibility index (Phi) is 4.35. The van der Waals surface area contributed by atoms with Crippen LogP contribution in [0, 0.1) is 0 Å². The highest BCUT2D eigenvalue weighted by Gasteiger charge is 2.28. The van der Waals surface area contributed by atoms with Crippen LogP contribution in [0.15, 0.2) is 18.2 Å². The Morgan fingerprint density at radius 3 is 3.11 bits per heavy atom. The third-order valence-electron chi connectivity index (χ3n) is 4.17. The second-order valence-corrected chi connectivity index (χ2v) is 5.25. The summed E-state index contributed by atoms with van der Waals surface area (Å²) in [5, 5.41) is 3.33. The number of fused-ring (bicyclic) bond motifs is 1. The van der Waals surface area contributed by atoms with Gasteiger partial charge in [0.05, 0.1) is 0 Å². The fourth-order valence-electron chi connectivity index (χ4n) is 3.13. The maximum atomic E-state index is 12.5. The van der Waals surface area contributed by atoms with Crippen LogP contribution in [0.2, 0.25) is 0 Å². The molecule has 1 aromatic carbocycles. The first-order valence-corrected chi connectivity index (χ1v) is 6.97. The summed E-state index contributed by atoms with van der Waals surface area (Å²) in [4.78, 5) is 14.6. The van der Waals surface area contributed by atoms with Gasteiger partial charge in [0, 0.05) is 30.4 Å². The van der Waals surface area contributed by atoms with Gasteiger partial charge < -0.3 is 10.2 Å². The van der Waals surface area contributed by atoms with E-state index < -0.39 is 0 Å². The molecule has 3 rings (SSSR count). The Balaban J connectivity index is 0.00000133. The quantitative estimate of drug-likeness (QED) is 0.903. The number of carbonyl (C=O) groups excluding carboxylic acids is 1. The Morgan fingerprint density at radius 2 is 2.32 bits per heavy atom. The maximum Gasteiger partial charge on any atom is 0.254 e. The average Bonchev–Trinajstić information content (AvgIpc) is 3.05. The Morgan fingerprint density at radius 1 is 1.47 bits per heavy atom. The van der Waals surface area contributed by atoms with Crippen LogP contribution in [-0.4, -0.2) is 29.9 Å². The number of rotatable bonds is 2. The van der Waals surface area contributed by atoms with Crippen molar-refractivity contribution in [1.29, 1.82) is 0 Å². The molecule has 3 nitrogen and oxygen atoms in total. The van der Waals surface area contributed by atoms with E-state index in [-0.39, 0.29) is 18.3 Å². The molecule has 2 aliphatic rings. The minimum Gasteiger partial charge on any atom is -0.384 e. The van der Waals surface area contributed by atoms with Crippen LogP contribution in [0.3, 0.4) is 0 Å². The highest BCUT2D eigenvalue weighted by Crippen LogP contribution is 2.26. The molecule has 1 unspecified atom stereocenters. The number of hydrogen-bond donors (Lipinski definition) is 1. The van der Waals surface area contributed by atoms with Crippen molar-refractivity contribution in [1.82, 2.24) is 4.90 Å². The Labute approximate surface area is 120 Å². The first kappa shape index (κ1) is 14.2. The van der Waals surface area contributed by atoms with Crippen molar-refractivity contribution >= 4 is 24.0 Å². The van der Waals surface area contributed by atoms with Crippen LogP contribution >= 0.6 is 12.4 Å². The lowest BCUT2D eigenvalue weighted by Crippen LogP contribution is -2.35. The molecular formula is C15H21ClN2O. The van der Waals surface area contributed by atoms with Crippen LogP contribution < -0.4 is 5.32 Å². The van der Waals surface area contributed by atoms with Gasteiger partial charge in [0.1, 0.15) is 0 Å². The highest BCUT2D eigenvalue weighted by molar-refractivity contribution is 5.95. The molecule has 104 valence electrons. The lowest BCUT2D eigenvalue weighted by Gasteiger charge is -2.23. The smallest absolute Gasteiger partial charge is 0.254 e. The third-order valence-corrected chi connectivity index (χ3v) is 4.17. The van der Waals surface area contributed by atoms with E-state index in [1.165, 1.54) is 11.3 Å². The molecule has 0 aromatic heterocycles. The molecule has 1 N–H and O–H groups in total. The summed E-state index contributed by atoms with van der Waals surface area (Å²) in [5.74, 6) is 0.217. The highest BCUT2D eigenvalue weighted by atomic mass is 35.5. The van der Waals surface area contributed by atoms with E-state index in [0.29, 0.717) is 6.04 Å². The number of amides is 1. The number of benzene rings is 1. The molecule has 1 aromatic rings. The van der Waals surface area contributed by atoms with E-state index >= 15 is 0 Å². The zero-order chi connectivity index (χ0) is 12.5. The molecule has 19 heavy (non-hydrogen) atoms. The summed E-state index contributed by atoms with van der Waals surface area (Å²) < 4.78 is 0. The zero-order valence-corrected chi connectivity index (χ0v) is 12.1. The van der Waals surface area contributed by atoms with Crippen LogP contribution in [0.25, 0.3) is 0 Å². The second kappa shape index (κ2) is 5.83. The number of nitrogens with one attached hydrogen (secondary N) is 1. The minimum atomic E-state index is 0. The topological polar surface area (TPSA) is 32.3 Å². The molecule has 0 saturated carbocycles. The average molecular weight is 281 g/mol. The number of carbonyl (C=O) groups is 1. The van der Waals surface area contributed by atoms with E-state index in [9.17, 15) is 4.79 Å². The number of likely N-dealkylation sites (tertiary alicyclic amines) is 1. The normalized spacial score (nSPS) is 20.7. The maximum absolute atomic E-state index is 12.5. The van der Waals surface area contributed by atoms with Crippen molar-refractivity contribution in [2.24, 2.45) is 0 Å². The van der Waals surface area contributed by atoms with Gasteiger partial charge in [-0.05, 0) is 49.4 Å². The SMILES string of the molecule is CCC1CCCN1C(=O)c1ccc2c(c1)CCN2.Cl. The minimum absolute atomic E-state index is 0. The van der Waals surface area contributed by atoms with Crippen molar-refractivity contribution in [3.63, 3.8) is 0 Å². The van der Waals surface area contributed by atoms with Crippen molar-refractivity contribution in [2.45, 2.75) is 38.6 Å². The first-order chi connectivity index (χ1) is 8.79. The fraction of sp³-hybridized carbons (Fsp3) is 0.533. The summed E-state index contributed by atoms with van der Waals surface area (Å²) in [5.41, 5.74) is 3.34. The molecule has 0 bridgehead atoms. The Bertz CT molecular complexity index is 475. The summed E-state index contributed by atoms with van der Waals surface area (Å²) >= 11 is 0. The van der Waals surface area contributed by atoms with E-state index in [0.717, 1.165) is 44.3 Å². The van der Waals surface area contributed by atoms with Gasteiger partial charge in [0.15, 0.2) is 0 Å². The van der Waals surface area contributed by atoms with Crippen LogP contribution in [0.1, 0.15) is 42.1 Å². The lowest BCUT2D eigenvalue weighted by molar-refractivity contribution is 0.0733. The van der Waals surface area contributed by atoms with Crippen LogP contribution in [0.5, 0.6) is 0 Å². The molecule has 0 aliphatic carbocycles. The standard InChI is InChI=1S/C15H20N2O.ClH/c1-2-13-4-3-9-17(13)15(18)12-5-6-14-11(10-12)7-8-16-14;/h5-6,10,13,16H,2-4,7-9H2,1H3;1H. The predicted molar refractivity (Wildman–Crippen MR) is 80.2 cm³/mol. The monoisotopic (exact) mass is 280 g/mol. The molecule has 4 heteroatoms. The number of anilines is 1. The van der Waals surface area contributed by atoms with E-state index in [2.05, 4.69) is 23.2 Å². The van der Waals surface area contributed by atoms with Gasteiger partial charge in [0.25, 0.3) is 5.91 Å². The largest absolute Gasteiger partial charge is 0.384 e. The summed E-state index contributed by atoms with van der Waals surface area (Å²) in [6.45, 7) is 4.09. The van der Waals surface area contributed by atoms with Gasteiger partial charge in [-0.25, -0.2) is 0 Å². The fourth-order valence-corrected chi connectivity index (χ4v) is 3.13. The Hall–Kier alpha value is -1.22. The summed E-state index contributed by atoms with van der Waals surface area (Å²) in [6.07, 6.45) is 4.41. The molecule has 0 radical (unpaired) electrons. The third kappa shape index (κ3) is 2.57. The van der Waals surface area contributed by atoms with Gasteiger partial charge in [-0.15, -0.1) is 12.4 Å². The molecule has 0 spiro atoms. The molecular weight excluding hydrogens is 260 g/mol.